The van der Waals surface area contributed by atoms with Gasteiger partial charge < -0.3 is 10.4 Å². The van der Waals surface area contributed by atoms with E-state index >= 15 is 0 Å². The molecule has 0 spiro atoms. The molecule has 1 unspecified atom stereocenters. The van der Waals surface area contributed by atoms with Crippen LogP contribution < -0.4 is 5.32 Å². The molecule has 0 fully saturated rings. The van der Waals surface area contributed by atoms with Crippen LogP contribution in [0.5, 0.6) is 0 Å². The van der Waals surface area contributed by atoms with Crippen LogP contribution in [0.4, 0.5) is 17.6 Å². The average Bonchev–Trinajstić information content (AvgIpc) is 2.14. The molecule has 2 N–H and O–H groups in total. The highest BCUT2D eigenvalue weighted by atomic mass is 35.5. The van der Waals surface area contributed by atoms with Gasteiger partial charge in [0, 0.05) is 18.1 Å². The lowest BCUT2D eigenvalue weighted by Crippen LogP contribution is -2.38. The molecule has 96 valence electrons. The topological polar surface area (TPSA) is 32.3 Å². The Labute approximate surface area is 100 Å². The summed E-state index contributed by atoms with van der Waals surface area (Å²) in [6.07, 6.45) is -7.10. The van der Waals surface area contributed by atoms with Gasteiger partial charge in [-0.1, -0.05) is 11.6 Å². The molecule has 1 atom stereocenters. The second-order valence-electron chi connectivity index (χ2n) is 3.47. The van der Waals surface area contributed by atoms with Crippen molar-refractivity contribution < 1.29 is 22.7 Å². The van der Waals surface area contributed by atoms with E-state index in [1.807, 2.05) is 0 Å². The lowest BCUT2D eigenvalue weighted by atomic mass is 10.2. The van der Waals surface area contributed by atoms with Gasteiger partial charge in [0.2, 0.25) is 0 Å². The molecule has 1 aromatic carbocycles. The van der Waals surface area contributed by atoms with E-state index in [1.54, 1.807) is 0 Å². The lowest BCUT2D eigenvalue weighted by Gasteiger charge is -2.15. The predicted molar refractivity (Wildman–Crippen MR) is 55.2 cm³/mol. The summed E-state index contributed by atoms with van der Waals surface area (Å²) in [4.78, 5) is 0. The van der Waals surface area contributed by atoms with Crippen LogP contribution in [0.3, 0.4) is 0 Å². The summed E-state index contributed by atoms with van der Waals surface area (Å²) in [7, 11) is 0. The van der Waals surface area contributed by atoms with Gasteiger partial charge in [0.25, 0.3) is 0 Å². The van der Waals surface area contributed by atoms with Gasteiger partial charge in [-0.2, -0.15) is 13.2 Å². The number of halogens is 5. The molecule has 0 saturated carbocycles. The van der Waals surface area contributed by atoms with Crippen LogP contribution in [0.15, 0.2) is 18.2 Å². The molecule has 17 heavy (non-hydrogen) atoms. The van der Waals surface area contributed by atoms with Crippen LogP contribution in [0.25, 0.3) is 0 Å². The van der Waals surface area contributed by atoms with E-state index in [2.05, 4.69) is 5.32 Å². The Morgan fingerprint density at radius 3 is 2.47 bits per heavy atom. The lowest BCUT2D eigenvalue weighted by molar-refractivity contribution is -0.201. The van der Waals surface area contributed by atoms with Crippen molar-refractivity contribution in [3.63, 3.8) is 0 Å². The molecule has 2 nitrogen and oxygen atoms in total. The van der Waals surface area contributed by atoms with E-state index in [1.165, 1.54) is 6.07 Å². The number of nitrogens with one attached hydrogen (secondary N) is 1. The molecule has 0 amide bonds. The van der Waals surface area contributed by atoms with Crippen molar-refractivity contribution in [2.45, 2.75) is 18.8 Å². The fraction of sp³-hybridized carbons (Fsp3) is 0.400. The van der Waals surface area contributed by atoms with Crippen molar-refractivity contribution in [3.05, 3.63) is 34.6 Å². The first-order valence-corrected chi connectivity index (χ1v) is 5.07. The third-order valence-corrected chi connectivity index (χ3v) is 2.19. The Balaban J connectivity index is 2.46. The quantitative estimate of drug-likeness (QED) is 0.825. The van der Waals surface area contributed by atoms with Gasteiger partial charge in [0.05, 0.1) is 0 Å². The molecule has 0 aliphatic rings. The first kappa shape index (κ1) is 14.2. The largest absolute Gasteiger partial charge is 0.415 e. The Kier molecular flexibility index (Phi) is 4.73. The maximum Gasteiger partial charge on any atom is 0.415 e. The second kappa shape index (κ2) is 5.66. The Bertz CT molecular complexity index is 363. The monoisotopic (exact) mass is 271 g/mol. The summed E-state index contributed by atoms with van der Waals surface area (Å²) in [6, 6.07) is 3.67. The van der Waals surface area contributed by atoms with Crippen molar-refractivity contribution in [2.75, 3.05) is 6.54 Å². The van der Waals surface area contributed by atoms with Gasteiger partial charge >= 0.3 is 6.18 Å². The number of hydrogen-bond acceptors (Lipinski definition) is 2. The molecular weight excluding hydrogens is 262 g/mol. The van der Waals surface area contributed by atoms with Gasteiger partial charge in [0.1, 0.15) is 5.82 Å². The zero-order chi connectivity index (χ0) is 13.1. The molecular formula is C10H10ClF4NO. The molecule has 1 aromatic rings. The van der Waals surface area contributed by atoms with Crippen LogP contribution >= 0.6 is 11.6 Å². The van der Waals surface area contributed by atoms with Crippen molar-refractivity contribution in [1.29, 1.82) is 0 Å². The molecule has 0 saturated heterocycles. The minimum Gasteiger partial charge on any atom is -0.382 e. The highest BCUT2D eigenvalue weighted by molar-refractivity contribution is 6.30. The maximum atomic E-state index is 12.9. The van der Waals surface area contributed by atoms with E-state index in [9.17, 15) is 17.6 Å². The second-order valence-corrected chi connectivity index (χ2v) is 3.90. The van der Waals surface area contributed by atoms with Crippen LogP contribution in [0, 0.1) is 5.82 Å². The van der Waals surface area contributed by atoms with E-state index < -0.39 is 24.6 Å². The van der Waals surface area contributed by atoms with Crippen molar-refractivity contribution in [2.24, 2.45) is 0 Å². The number of aliphatic hydroxyl groups is 1. The van der Waals surface area contributed by atoms with E-state index in [0.29, 0.717) is 5.56 Å². The molecule has 0 aromatic heterocycles. The summed E-state index contributed by atoms with van der Waals surface area (Å²) < 4.78 is 48.7. The Morgan fingerprint density at radius 1 is 1.29 bits per heavy atom. The maximum absolute atomic E-state index is 12.9. The SMILES string of the molecule is OC(CNCc1cc(F)cc(Cl)c1)C(F)(F)F. The number of hydrogen-bond donors (Lipinski definition) is 2. The molecule has 0 aliphatic heterocycles. The Hall–Kier alpha value is -0.850. The normalized spacial score (nSPS) is 13.8. The third kappa shape index (κ3) is 4.89. The fourth-order valence-electron chi connectivity index (χ4n) is 1.18. The van der Waals surface area contributed by atoms with E-state index in [-0.39, 0.29) is 11.6 Å². The molecule has 7 heteroatoms. The van der Waals surface area contributed by atoms with Gasteiger partial charge in [-0.05, 0) is 23.8 Å². The number of alkyl halides is 3. The molecule has 1 rings (SSSR count). The first-order valence-electron chi connectivity index (χ1n) is 4.69. The fourth-order valence-corrected chi connectivity index (χ4v) is 1.43. The van der Waals surface area contributed by atoms with E-state index in [4.69, 9.17) is 16.7 Å². The minimum atomic E-state index is -4.66. The van der Waals surface area contributed by atoms with Gasteiger partial charge in [-0.3, -0.25) is 0 Å². The van der Waals surface area contributed by atoms with Gasteiger partial charge in [-0.15, -0.1) is 0 Å². The summed E-state index contributed by atoms with van der Waals surface area (Å²) in [5.41, 5.74) is 0.407. The standard InChI is InChI=1S/C10H10ClF4NO/c11-7-1-6(2-8(12)3-7)4-16-5-9(17)10(13,14)15/h1-3,9,16-17H,4-5H2. The average molecular weight is 272 g/mol. The smallest absolute Gasteiger partial charge is 0.382 e. The summed E-state index contributed by atoms with van der Waals surface area (Å²) in [5.74, 6) is -0.564. The van der Waals surface area contributed by atoms with Gasteiger partial charge in [0.15, 0.2) is 6.10 Å². The number of rotatable bonds is 4. The third-order valence-electron chi connectivity index (χ3n) is 1.97. The number of benzene rings is 1. The number of aliphatic hydroxyl groups excluding tert-OH is 1. The Morgan fingerprint density at radius 2 is 1.94 bits per heavy atom. The first-order chi connectivity index (χ1) is 7.79. The van der Waals surface area contributed by atoms with Crippen LogP contribution in [-0.4, -0.2) is 23.9 Å². The molecule has 0 aliphatic carbocycles. The zero-order valence-corrected chi connectivity index (χ0v) is 9.32. The van der Waals surface area contributed by atoms with Gasteiger partial charge in [-0.25, -0.2) is 4.39 Å². The van der Waals surface area contributed by atoms with Crippen molar-refractivity contribution in [3.8, 4) is 0 Å². The minimum absolute atomic E-state index is 0.00931. The van der Waals surface area contributed by atoms with Crippen molar-refractivity contribution in [1.82, 2.24) is 5.32 Å². The zero-order valence-electron chi connectivity index (χ0n) is 8.56. The van der Waals surface area contributed by atoms with Crippen LogP contribution in [0.2, 0.25) is 5.02 Å². The summed E-state index contributed by atoms with van der Waals surface area (Å²) >= 11 is 5.57. The molecule has 0 heterocycles. The van der Waals surface area contributed by atoms with Crippen LogP contribution in [-0.2, 0) is 6.54 Å². The summed E-state index contributed by atoms with van der Waals surface area (Å²) in [6.45, 7) is -0.664. The van der Waals surface area contributed by atoms with Crippen LogP contribution in [0.1, 0.15) is 5.56 Å². The highest BCUT2D eigenvalue weighted by Gasteiger charge is 2.37. The molecule has 0 bridgehead atoms. The summed E-state index contributed by atoms with van der Waals surface area (Å²) in [5, 5.41) is 11.2. The molecule has 0 radical (unpaired) electrons. The predicted octanol–water partition coefficient (Wildman–Crippen LogP) is 2.49. The van der Waals surface area contributed by atoms with Crippen molar-refractivity contribution >= 4 is 11.6 Å². The highest BCUT2D eigenvalue weighted by Crippen LogP contribution is 2.19. The van der Waals surface area contributed by atoms with E-state index in [0.717, 1.165) is 12.1 Å².